The number of hydrogen-bond donors (Lipinski definition) is 5. The van der Waals surface area contributed by atoms with Crippen LogP contribution in [0, 0.1) is 0 Å². The number of urea groups is 1. The van der Waals surface area contributed by atoms with Crippen LogP contribution in [0.25, 0.3) is 0 Å². The molecule has 3 amide bonds. The molecule has 0 aliphatic rings. The zero-order valence-electron chi connectivity index (χ0n) is 11.1. The molecule has 0 fully saturated rings. The first-order valence-electron chi connectivity index (χ1n) is 6.16. The van der Waals surface area contributed by atoms with Gasteiger partial charge in [0.2, 0.25) is 6.41 Å². The van der Waals surface area contributed by atoms with Crippen molar-refractivity contribution in [2.24, 2.45) is 0 Å². The molecule has 7 heteroatoms. The maximum absolute atomic E-state index is 11.8. The Balaban J connectivity index is 1.91. The Morgan fingerprint density at radius 3 is 2.29 bits per heavy atom. The van der Waals surface area contributed by atoms with Crippen LogP contribution in [0.2, 0.25) is 0 Å². The third-order valence-electron chi connectivity index (χ3n) is 2.56. The zero-order valence-corrected chi connectivity index (χ0v) is 11.1. The van der Waals surface area contributed by atoms with Gasteiger partial charge in [-0.15, -0.1) is 0 Å². The van der Waals surface area contributed by atoms with Crippen molar-refractivity contribution < 1.29 is 9.59 Å². The number of nitrogens with one attached hydrogen (secondary N) is 4. The van der Waals surface area contributed by atoms with E-state index in [1.54, 1.807) is 48.5 Å². The van der Waals surface area contributed by atoms with E-state index in [-0.39, 0.29) is 6.03 Å². The number of hydrazine groups is 1. The van der Waals surface area contributed by atoms with E-state index in [1.165, 1.54) is 0 Å². The maximum atomic E-state index is 11.8. The zero-order chi connectivity index (χ0) is 15.1. The van der Waals surface area contributed by atoms with Gasteiger partial charge in [0.05, 0.1) is 5.69 Å². The number of carbonyl (C=O) groups is 2. The monoisotopic (exact) mass is 285 g/mol. The van der Waals surface area contributed by atoms with E-state index < -0.39 is 0 Å². The predicted molar refractivity (Wildman–Crippen MR) is 82.8 cm³/mol. The van der Waals surface area contributed by atoms with Crippen molar-refractivity contribution >= 4 is 35.2 Å². The molecule has 0 aromatic heterocycles. The van der Waals surface area contributed by atoms with Gasteiger partial charge in [-0.2, -0.15) is 0 Å². The minimum atomic E-state index is -0.368. The normalized spacial score (nSPS) is 9.52. The van der Waals surface area contributed by atoms with E-state index in [0.717, 1.165) is 0 Å². The van der Waals surface area contributed by atoms with Gasteiger partial charge in [0.1, 0.15) is 0 Å². The van der Waals surface area contributed by atoms with E-state index in [0.29, 0.717) is 29.2 Å². The fourth-order valence-corrected chi connectivity index (χ4v) is 1.66. The molecule has 6 N–H and O–H groups in total. The van der Waals surface area contributed by atoms with Crippen LogP contribution in [-0.2, 0) is 4.79 Å². The summed E-state index contributed by atoms with van der Waals surface area (Å²) in [6, 6.07) is 13.4. The van der Waals surface area contributed by atoms with Crippen molar-refractivity contribution in [3.05, 3.63) is 48.5 Å². The molecule has 0 unspecified atom stereocenters. The number of carbonyl (C=O) groups excluding carboxylic acids is 2. The third kappa shape index (κ3) is 4.43. The van der Waals surface area contributed by atoms with Crippen molar-refractivity contribution in [3.8, 4) is 0 Å². The molecular formula is C14H15N5O2. The molecule has 0 atom stereocenters. The molecule has 2 rings (SSSR count). The Morgan fingerprint density at radius 2 is 1.62 bits per heavy atom. The fraction of sp³-hybridized carbons (Fsp3) is 0. The Kier molecular flexibility index (Phi) is 4.60. The largest absolute Gasteiger partial charge is 0.399 e. The van der Waals surface area contributed by atoms with Crippen LogP contribution in [0.15, 0.2) is 48.5 Å². The fourth-order valence-electron chi connectivity index (χ4n) is 1.66. The summed E-state index contributed by atoms with van der Waals surface area (Å²) in [7, 11) is 0. The average molecular weight is 285 g/mol. The van der Waals surface area contributed by atoms with Gasteiger partial charge < -0.3 is 16.4 Å². The lowest BCUT2D eigenvalue weighted by molar-refractivity contribution is -0.109. The average Bonchev–Trinajstić information content (AvgIpc) is 2.46. The number of nitrogen functional groups attached to an aromatic ring is 1. The summed E-state index contributed by atoms with van der Waals surface area (Å²) in [5.41, 5.74) is 13.1. The van der Waals surface area contributed by atoms with Crippen LogP contribution in [-0.4, -0.2) is 12.4 Å². The highest BCUT2D eigenvalue weighted by Gasteiger charge is 2.03. The second-order valence-corrected chi connectivity index (χ2v) is 4.17. The number of amides is 3. The van der Waals surface area contributed by atoms with Crippen molar-refractivity contribution in [1.29, 1.82) is 0 Å². The van der Waals surface area contributed by atoms with Gasteiger partial charge in [-0.25, -0.2) is 4.79 Å². The third-order valence-corrected chi connectivity index (χ3v) is 2.56. The molecule has 0 spiro atoms. The molecule has 2 aromatic rings. The number of benzene rings is 2. The second kappa shape index (κ2) is 6.80. The van der Waals surface area contributed by atoms with Crippen molar-refractivity contribution in [3.63, 3.8) is 0 Å². The Morgan fingerprint density at radius 1 is 0.952 bits per heavy atom. The van der Waals surface area contributed by atoms with Gasteiger partial charge in [0.25, 0.3) is 0 Å². The molecule has 0 radical (unpaired) electrons. The summed E-state index contributed by atoms with van der Waals surface area (Å²) < 4.78 is 0. The second-order valence-electron chi connectivity index (χ2n) is 4.17. The SMILES string of the molecule is Nc1cccc(NC(=O)Nc2ccc(NNC=O)cc2)c1. The van der Waals surface area contributed by atoms with E-state index in [2.05, 4.69) is 21.5 Å². The van der Waals surface area contributed by atoms with Gasteiger partial charge in [-0.1, -0.05) is 6.07 Å². The molecular weight excluding hydrogens is 270 g/mol. The molecule has 0 saturated carbocycles. The van der Waals surface area contributed by atoms with E-state index in [1.807, 2.05) is 0 Å². The summed E-state index contributed by atoms with van der Waals surface area (Å²) >= 11 is 0. The Labute approximate surface area is 121 Å². The van der Waals surface area contributed by atoms with Crippen molar-refractivity contribution in [2.75, 3.05) is 21.8 Å². The summed E-state index contributed by atoms with van der Waals surface area (Å²) in [6.07, 6.45) is 0.533. The quantitative estimate of drug-likeness (QED) is 0.329. The van der Waals surface area contributed by atoms with E-state index in [4.69, 9.17) is 5.73 Å². The van der Waals surface area contributed by atoms with Gasteiger partial charge in [-0.3, -0.25) is 15.6 Å². The van der Waals surface area contributed by atoms with Gasteiger partial charge in [-0.05, 0) is 42.5 Å². The smallest absolute Gasteiger partial charge is 0.323 e. The lowest BCUT2D eigenvalue weighted by Gasteiger charge is -2.09. The summed E-state index contributed by atoms with van der Waals surface area (Å²) in [6.45, 7) is 0. The first-order valence-corrected chi connectivity index (χ1v) is 6.16. The number of rotatable bonds is 5. The standard InChI is InChI=1S/C14H15N5O2/c15-10-2-1-3-13(8-10)18-14(21)17-11-4-6-12(7-5-11)19-16-9-20/h1-9,19H,15H2,(H,16,20)(H2,17,18,21). The minimum absolute atomic E-state index is 0.368. The Bertz CT molecular complexity index is 628. The molecule has 21 heavy (non-hydrogen) atoms. The molecule has 0 heterocycles. The summed E-state index contributed by atoms with van der Waals surface area (Å²) in [5.74, 6) is 0. The van der Waals surface area contributed by atoms with Crippen LogP contribution < -0.4 is 27.2 Å². The minimum Gasteiger partial charge on any atom is -0.399 e. The molecule has 0 aliphatic carbocycles. The van der Waals surface area contributed by atoms with Crippen LogP contribution in [0.1, 0.15) is 0 Å². The predicted octanol–water partition coefficient (Wildman–Crippen LogP) is 1.99. The number of nitrogens with two attached hydrogens (primary N) is 1. The molecule has 0 bridgehead atoms. The van der Waals surface area contributed by atoms with Crippen LogP contribution in [0.3, 0.4) is 0 Å². The van der Waals surface area contributed by atoms with Crippen molar-refractivity contribution in [2.45, 2.75) is 0 Å². The van der Waals surface area contributed by atoms with Crippen LogP contribution >= 0.6 is 0 Å². The lowest BCUT2D eigenvalue weighted by Crippen LogP contribution is -2.20. The highest BCUT2D eigenvalue weighted by molar-refractivity contribution is 6.00. The highest BCUT2D eigenvalue weighted by atomic mass is 16.2. The highest BCUT2D eigenvalue weighted by Crippen LogP contribution is 2.15. The number of hydrogen-bond acceptors (Lipinski definition) is 4. The summed E-state index contributed by atoms with van der Waals surface area (Å²) in [4.78, 5) is 22.0. The number of anilines is 4. The topological polar surface area (TPSA) is 108 Å². The molecule has 7 nitrogen and oxygen atoms in total. The molecule has 0 saturated heterocycles. The first-order chi connectivity index (χ1) is 10.2. The van der Waals surface area contributed by atoms with E-state index >= 15 is 0 Å². The summed E-state index contributed by atoms with van der Waals surface area (Å²) in [5, 5.41) is 5.36. The van der Waals surface area contributed by atoms with Gasteiger partial charge >= 0.3 is 6.03 Å². The maximum Gasteiger partial charge on any atom is 0.323 e. The van der Waals surface area contributed by atoms with Gasteiger partial charge in [0.15, 0.2) is 0 Å². The van der Waals surface area contributed by atoms with Crippen LogP contribution in [0.5, 0.6) is 0 Å². The Hall–Kier alpha value is -3.22. The van der Waals surface area contributed by atoms with Crippen molar-refractivity contribution in [1.82, 2.24) is 5.43 Å². The molecule has 2 aromatic carbocycles. The molecule has 108 valence electrons. The lowest BCUT2D eigenvalue weighted by atomic mass is 10.3. The molecule has 0 aliphatic heterocycles. The van der Waals surface area contributed by atoms with Gasteiger partial charge in [0, 0.05) is 17.1 Å². The van der Waals surface area contributed by atoms with E-state index in [9.17, 15) is 9.59 Å². The first kappa shape index (κ1) is 14.2. The van der Waals surface area contributed by atoms with Crippen LogP contribution in [0.4, 0.5) is 27.5 Å².